The van der Waals surface area contributed by atoms with Crippen molar-refractivity contribution in [3.05, 3.63) is 0 Å². The maximum absolute atomic E-state index is 7.12. The summed E-state index contributed by atoms with van der Waals surface area (Å²) < 4.78 is 0. The molecule has 8 heavy (non-hydrogen) atoms. The van der Waals surface area contributed by atoms with Crippen LogP contribution in [0.2, 0.25) is 0 Å². The van der Waals surface area contributed by atoms with Crippen molar-refractivity contribution in [3.8, 4) is 0 Å². The summed E-state index contributed by atoms with van der Waals surface area (Å²) in [7, 11) is 3.76. The summed E-state index contributed by atoms with van der Waals surface area (Å²) in [5.74, 6) is 0.681. The maximum Gasteiger partial charge on any atom is 0.0949 e. The maximum atomic E-state index is 7.12. The van der Waals surface area contributed by atoms with Crippen molar-refractivity contribution in [2.24, 2.45) is 0 Å². The molecule has 0 spiro atoms. The number of hydrogen-bond acceptors (Lipinski definition) is 1. The minimum Gasteiger partial charge on any atom is -0.367 e. The Labute approximate surface area is 56.8 Å². The summed E-state index contributed by atoms with van der Waals surface area (Å²) in [6, 6.07) is 0. The van der Waals surface area contributed by atoms with Gasteiger partial charge in [-0.15, -0.1) is 12.4 Å². The van der Waals surface area contributed by atoms with Crippen molar-refractivity contribution >= 4 is 18.2 Å². The number of nitrogens with zero attached hydrogens (tertiary/aromatic N) is 1. The average Bonchev–Trinajstić information content (AvgIpc) is 1.65. The lowest BCUT2D eigenvalue weighted by atomic mass is 10.4. The standard InChI is InChI=1S/C5H12N2.ClH/c1-4-5(6)7(2)3;/h6H,4H2,1-3H3;1H. The molecule has 50 valence electrons. The minimum atomic E-state index is 0. The van der Waals surface area contributed by atoms with Crippen LogP contribution in [0.4, 0.5) is 0 Å². The van der Waals surface area contributed by atoms with E-state index in [0.717, 1.165) is 6.42 Å². The van der Waals surface area contributed by atoms with E-state index in [9.17, 15) is 0 Å². The third kappa shape index (κ3) is 3.93. The van der Waals surface area contributed by atoms with Crippen LogP contribution in [0.5, 0.6) is 0 Å². The Morgan fingerprint density at radius 1 is 1.50 bits per heavy atom. The Hall–Kier alpha value is -0.240. The third-order valence-electron chi connectivity index (χ3n) is 0.875. The zero-order valence-corrected chi connectivity index (χ0v) is 6.38. The lowest BCUT2D eigenvalue weighted by Gasteiger charge is -2.09. The fraction of sp³-hybridized carbons (Fsp3) is 0.800. The fourth-order valence-electron chi connectivity index (χ4n) is 0.316. The van der Waals surface area contributed by atoms with Crippen LogP contribution in [0.3, 0.4) is 0 Å². The van der Waals surface area contributed by atoms with E-state index >= 15 is 0 Å². The van der Waals surface area contributed by atoms with Gasteiger partial charge in [0.2, 0.25) is 0 Å². The van der Waals surface area contributed by atoms with Crippen molar-refractivity contribution in [2.45, 2.75) is 13.3 Å². The molecule has 3 heteroatoms. The van der Waals surface area contributed by atoms with E-state index in [2.05, 4.69) is 0 Å². The Kier molecular flexibility index (Phi) is 6.56. The first-order valence-electron chi connectivity index (χ1n) is 2.43. The second-order valence-corrected chi connectivity index (χ2v) is 1.69. The van der Waals surface area contributed by atoms with Crippen molar-refractivity contribution in [3.63, 3.8) is 0 Å². The molecular weight excluding hydrogens is 124 g/mol. The van der Waals surface area contributed by atoms with Gasteiger partial charge in [0.15, 0.2) is 0 Å². The van der Waals surface area contributed by atoms with Crippen LogP contribution in [0.15, 0.2) is 0 Å². The van der Waals surface area contributed by atoms with E-state index in [0.29, 0.717) is 5.84 Å². The lowest BCUT2D eigenvalue weighted by Crippen LogP contribution is -2.19. The van der Waals surface area contributed by atoms with Gasteiger partial charge in [0, 0.05) is 20.5 Å². The first kappa shape index (κ1) is 10.7. The number of halogens is 1. The van der Waals surface area contributed by atoms with Crippen LogP contribution < -0.4 is 0 Å². The molecule has 0 atom stereocenters. The van der Waals surface area contributed by atoms with Gasteiger partial charge in [-0.3, -0.25) is 5.41 Å². The molecule has 0 aromatic carbocycles. The molecule has 0 unspecified atom stereocenters. The summed E-state index contributed by atoms with van der Waals surface area (Å²) >= 11 is 0. The van der Waals surface area contributed by atoms with Crippen molar-refractivity contribution in [1.82, 2.24) is 4.90 Å². The summed E-state index contributed by atoms with van der Waals surface area (Å²) in [4.78, 5) is 1.81. The van der Waals surface area contributed by atoms with Gasteiger partial charge in [-0.25, -0.2) is 0 Å². The first-order chi connectivity index (χ1) is 3.18. The highest BCUT2D eigenvalue weighted by atomic mass is 35.5. The molecule has 0 aromatic rings. The molecule has 0 bridgehead atoms. The Balaban J connectivity index is 0. The summed E-state index contributed by atoms with van der Waals surface area (Å²) in [5, 5.41) is 7.12. The molecule has 0 saturated heterocycles. The van der Waals surface area contributed by atoms with Gasteiger partial charge in [-0.1, -0.05) is 6.92 Å². The molecule has 0 radical (unpaired) electrons. The van der Waals surface area contributed by atoms with Gasteiger partial charge in [0.1, 0.15) is 0 Å². The summed E-state index contributed by atoms with van der Waals surface area (Å²) in [6.45, 7) is 1.97. The quantitative estimate of drug-likeness (QED) is 0.428. The molecule has 0 amide bonds. The second kappa shape index (κ2) is 4.91. The Morgan fingerprint density at radius 2 is 1.88 bits per heavy atom. The number of amidine groups is 1. The molecule has 0 aromatic heterocycles. The highest BCUT2D eigenvalue weighted by Crippen LogP contribution is 1.82. The van der Waals surface area contributed by atoms with E-state index in [4.69, 9.17) is 5.41 Å². The average molecular weight is 137 g/mol. The highest BCUT2D eigenvalue weighted by molar-refractivity contribution is 5.85. The van der Waals surface area contributed by atoms with E-state index < -0.39 is 0 Å². The third-order valence-corrected chi connectivity index (χ3v) is 0.875. The second-order valence-electron chi connectivity index (χ2n) is 1.69. The van der Waals surface area contributed by atoms with Crippen molar-refractivity contribution in [1.29, 1.82) is 5.41 Å². The van der Waals surface area contributed by atoms with Gasteiger partial charge in [-0.05, 0) is 0 Å². The predicted molar refractivity (Wildman–Crippen MR) is 39.0 cm³/mol. The van der Waals surface area contributed by atoms with E-state index in [-0.39, 0.29) is 12.4 Å². The molecule has 0 aliphatic carbocycles. The van der Waals surface area contributed by atoms with E-state index in [1.54, 1.807) is 4.90 Å². The summed E-state index contributed by atoms with van der Waals surface area (Å²) in [6.07, 6.45) is 0.826. The largest absolute Gasteiger partial charge is 0.367 e. The molecule has 0 aliphatic rings. The molecule has 0 aliphatic heterocycles. The topological polar surface area (TPSA) is 27.1 Å². The zero-order valence-electron chi connectivity index (χ0n) is 5.56. The summed E-state index contributed by atoms with van der Waals surface area (Å²) in [5.41, 5.74) is 0. The SMILES string of the molecule is CCC(=N)N(C)C.Cl. The van der Waals surface area contributed by atoms with Crippen LogP contribution >= 0.6 is 12.4 Å². The molecule has 0 rings (SSSR count). The molecular formula is C5H13ClN2. The van der Waals surface area contributed by atoms with Gasteiger partial charge >= 0.3 is 0 Å². The molecule has 2 nitrogen and oxygen atoms in total. The Morgan fingerprint density at radius 3 is 1.88 bits per heavy atom. The van der Waals surface area contributed by atoms with E-state index in [1.165, 1.54) is 0 Å². The van der Waals surface area contributed by atoms with Crippen LogP contribution in [0.1, 0.15) is 13.3 Å². The molecule has 0 fully saturated rings. The highest BCUT2D eigenvalue weighted by Gasteiger charge is 1.89. The van der Waals surface area contributed by atoms with Gasteiger partial charge in [0.25, 0.3) is 0 Å². The Bertz CT molecular complexity index is 70.8. The molecule has 0 saturated carbocycles. The van der Waals surface area contributed by atoms with Crippen LogP contribution in [0, 0.1) is 5.41 Å². The van der Waals surface area contributed by atoms with Gasteiger partial charge < -0.3 is 4.90 Å². The van der Waals surface area contributed by atoms with Crippen LogP contribution in [-0.2, 0) is 0 Å². The number of hydrogen-bond donors (Lipinski definition) is 1. The van der Waals surface area contributed by atoms with Gasteiger partial charge in [0.05, 0.1) is 5.84 Å². The first-order valence-corrected chi connectivity index (χ1v) is 2.43. The normalized spacial score (nSPS) is 7.38. The molecule has 1 N–H and O–H groups in total. The van der Waals surface area contributed by atoms with Crippen LogP contribution in [0.25, 0.3) is 0 Å². The molecule has 0 heterocycles. The number of rotatable bonds is 1. The van der Waals surface area contributed by atoms with Gasteiger partial charge in [-0.2, -0.15) is 0 Å². The monoisotopic (exact) mass is 136 g/mol. The minimum absolute atomic E-state index is 0. The van der Waals surface area contributed by atoms with E-state index in [1.807, 2.05) is 21.0 Å². The fourth-order valence-corrected chi connectivity index (χ4v) is 0.316. The number of nitrogens with one attached hydrogen (secondary N) is 1. The van der Waals surface area contributed by atoms with Crippen molar-refractivity contribution < 1.29 is 0 Å². The lowest BCUT2D eigenvalue weighted by molar-refractivity contribution is 0.602. The zero-order chi connectivity index (χ0) is 5.86. The van der Waals surface area contributed by atoms with Crippen molar-refractivity contribution in [2.75, 3.05) is 14.1 Å². The van der Waals surface area contributed by atoms with Crippen LogP contribution in [-0.4, -0.2) is 24.8 Å². The smallest absolute Gasteiger partial charge is 0.0949 e. The predicted octanol–water partition coefficient (Wildman–Crippen LogP) is 1.36.